The SMILES string of the molecule is CC(Sc1nnnn1Cc1cccs1)C(=O)Nc1cc(F)ccc1F. The normalized spacial score (nSPS) is 12.1. The smallest absolute Gasteiger partial charge is 0.237 e. The predicted molar refractivity (Wildman–Crippen MR) is 91.5 cm³/mol. The molecular formula is C15H13F2N5OS2. The number of hydrogen-bond acceptors (Lipinski definition) is 6. The number of carbonyl (C=O) groups excluding carboxylic acids is 1. The molecule has 2 heterocycles. The number of halogens is 2. The number of carbonyl (C=O) groups is 1. The lowest BCUT2D eigenvalue weighted by atomic mass is 10.3. The Morgan fingerprint density at radius 1 is 1.40 bits per heavy atom. The van der Waals surface area contributed by atoms with Crippen LogP contribution < -0.4 is 5.32 Å². The van der Waals surface area contributed by atoms with Crippen LogP contribution in [0.5, 0.6) is 0 Å². The van der Waals surface area contributed by atoms with E-state index in [2.05, 4.69) is 20.8 Å². The lowest BCUT2D eigenvalue weighted by Gasteiger charge is -2.12. The zero-order valence-corrected chi connectivity index (χ0v) is 14.7. The number of nitrogens with zero attached hydrogens (tertiary/aromatic N) is 4. The molecule has 1 N–H and O–H groups in total. The number of hydrogen-bond donors (Lipinski definition) is 1. The summed E-state index contributed by atoms with van der Waals surface area (Å²) in [5.74, 6) is -1.80. The van der Waals surface area contributed by atoms with Gasteiger partial charge in [-0.3, -0.25) is 4.79 Å². The van der Waals surface area contributed by atoms with Crippen LogP contribution >= 0.6 is 23.1 Å². The van der Waals surface area contributed by atoms with Crippen LogP contribution in [0.25, 0.3) is 0 Å². The summed E-state index contributed by atoms with van der Waals surface area (Å²) in [6, 6.07) is 6.78. The van der Waals surface area contributed by atoms with Gasteiger partial charge in [0, 0.05) is 10.9 Å². The third-order valence-corrected chi connectivity index (χ3v) is 5.15. The maximum Gasteiger partial charge on any atom is 0.237 e. The van der Waals surface area contributed by atoms with Crippen molar-refractivity contribution in [2.24, 2.45) is 0 Å². The minimum absolute atomic E-state index is 0.198. The quantitative estimate of drug-likeness (QED) is 0.664. The zero-order valence-electron chi connectivity index (χ0n) is 13.0. The van der Waals surface area contributed by atoms with Crippen molar-refractivity contribution in [1.29, 1.82) is 0 Å². The second-order valence-corrected chi connectivity index (χ2v) is 7.41. The molecule has 0 aliphatic heterocycles. The van der Waals surface area contributed by atoms with E-state index >= 15 is 0 Å². The van der Waals surface area contributed by atoms with E-state index in [0.717, 1.165) is 34.8 Å². The van der Waals surface area contributed by atoms with Crippen LogP contribution in [0.1, 0.15) is 11.8 Å². The Morgan fingerprint density at radius 3 is 3.00 bits per heavy atom. The Balaban J connectivity index is 1.66. The van der Waals surface area contributed by atoms with Crippen molar-refractivity contribution in [3.05, 3.63) is 52.2 Å². The van der Waals surface area contributed by atoms with E-state index in [0.29, 0.717) is 11.7 Å². The molecule has 0 spiro atoms. The van der Waals surface area contributed by atoms with Crippen molar-refractivity contribution in [1.82, 2.24) is 20.2 Å². The highest BCUT2D eigenvalue weighted by molar-refractivity contribution is 8.00. The van der Waals surface area contributed by atoms with Gasteiger partial charge in [0.15, 0.2) is 0 Å². The van der Waals surface area contributed by atoms with Crippen LogP contribution in [0.15, 0.2) is 40.9 Å². The maximum absolute atomic E-state index is 13.6. The number of thioether (sulfide) groups is 1. The lowest BCUT2D eigenvalue weighted by Crippen LogP contribution is -2.23. The van der Waals surface area contributed by atoms with Gasteiger partial charge in [0.2, 0.25) is 11.1 Å². The Labute approximate surface area is 150 Å². The molecule has 6 nitrogen and oxygen atoms in total. The highest BCUT2D eigenvalue weighted by Gasteiger charge is 2.20. The molecule has 3 rings (SSSR count). The summed E-state index contributed by atoms with van der Waals surface area (Å²) in [5, 5.41) is 15.7. The Hall–Kier alpha value is -2.33. The monoisotopic (exact) mass is 381 g/mol. The molecule has 0 saturated heterocycles. The molecule has 3 aromatic rings. The van der Waals surface area contributed by atoms with Crippen molar-refractivity contribution in [3.8, 4) is 0 Å². The summed E-state index contributed by atoms with van der Waals surface area (Å²) < 4.78 is 28.4. The van der Waals surface area contributed by atoms with Crippen LogP contribution in [-0.4, -0.2) is 31.4 Å². The Bertz CT molecular complexity index is 869. The van der Waals surface area contributed by atoms with Gasteiger partial charge < -0.3 is 5.32 Å². The highest BCUT2D eigenvalue weighted by atomic mass is 32.2. The minimum atomic E-state index is -0.700. The number of tetrazole rings is 1. The van der Waals surface area contributed by atoms with Crippen molar-refractivity contribution in [2.75, 3.05) is 5.32 Å². The number of aromatic nitrogens is 4. The second-order valence-electron chi connectivity index (χ2n) is 5.07. The fourth-order valence-electron chi connectivity index (χ4n) is 1.97. The molecule has 0 bridgehead atoms. The fraction of sp³-hybridized carbons (Fsp3) is 0.200. The van der Waals surface area contributed by atoms with Crippen molar-refractivity contribution in [3.63, 3.8) is 0 Å². The number of thiophene rings is 1. The molecule has 1 amide bonds. The van der Waals surface area contributed by atoms with Gasteiger partial charge in [-0.25, -0.2) is 13.5 Å². The van der Waals surface area contributed by atoms with Crippen LogP contribution in [0.3, 0.4) is 0 Å². The molecule has 0 fully saturated rings. The third-order valence-electron chi connectivity index (χ3n) is 3.22. The summed E-state index contributed by atoms with van der Waals surface area (Å²) in [6.45, 7) is 2.14. The minimum Gasteiger partial charge on any atom is -0.323 e. The molecule has 10 heteroatoms. The molecule has 2 aromatic heterocycles. The van der Waals surface area contributed by atoms with Gasteiger partial charge in [0.05, 0.1) is 17.5 Å². The van der Waals surface area contributed by atoms with Gasteiger partial charge in [-0.2, -0.15) is 0 Å². The third kappa shape index (κ3) is 4.40. The molecule has 0 saturated carbocycles. The summed E-state index contributed by atoms with van der Waals surface area (Å²) in [4.78, 5) is 13.3. The van der Waals surface area contributed by atoms with E-state index < -0.39 is 22.8 Å². The van der Waals surface area contributed by atoms with Gasteiger partial charge >= 0.3 is 0 Å². The van der Waals surface area contributed by atoms with Gasteiger partial charge in [0.25, 0.3) is 0 Å². The van der Waals surface area contributed by atoms with E-state index in [-0.39, 0.29) is 5.69 Å². The van der Waals surface area contributed by atoms with Crippen LogP contribution in [0, 0.1) is 11.6 Å². The van der Waals surface area contributed by atoms with Gasteiger partial charge in [-0.05, 0) is 40.9 Å². The number of rotatable bonds is 6. The molecule has 1 atom stereocenters. The van der Waals surface area contributed by atoms with E-state index in [4.69, 9.17) is 0 Å². The number of anilines is 1. The second kappa shape index (κ2) is 7.70. The molecule has 25 heavy (non-hydrogen) atoms. The van der Waals surface area contributed by atoms with Gasteiger partial charge in [-0.1, -0.05) is 17.8 Å². The number of amides is 1. The predicted octanol–water partition coefficient (Wildman–Crippen LogP) is 3.18. The van der Waals surface area contributed by atoms with Crippen LogP contribution in [0.2, 0.25) is 0 Å². The summed E-state index contributed by atoms with van der Waals surface area (Å²) in [6.07, 6.45) is 0. The first kappa shape index (κ1) is 17.5. The Kier molecular flexibility index (Phi) is 5.39. The summed E-state index contributed by atoms with van der Waals surface area (Å²) >= 11 is 2.72. The number of nitrogens with one attached hydrogen (secondary N) is 1. The number of benzene rings is 1. The average molecular weight is 381 g/mol. The maximum atomic E-state index is 13.6. The molecule has 0 aliphatic carbocycles. The van der Waals surface area contributed by atoms with Crippen molar-refractivity contribution >= 4 is 34.7 Å². The summed E-state index contributed by atoms with van der Waals surface area (Å²) in [5.41, 5.74) is -0.198. The lowest BCUT2D eigenvalue weighted by molar-refractivity contribution is -0.115. The molecule has 0 aliphatic rings. The van der Waals surface area contributed by atoms with E-state index in [1.165, 1.54) is 0 Å². The molecule has 1 aromatic carbocycles. The molecule has 130 valence electrons. The van der Waals surface area contributed by atoms with E-state index in [9.17, 15) is 13.6 Å². The molecule has 1 unspecified atom stereocenters. The Morgan fingerprint density at radius 2 is 2.24 bits per heavy atom. The van der Waals surface area contributed by atoms with E-state index in [1.807, 2.05) is 17.5 Å². The van der Waals surface area contributed by atoms with Gasteiger partial charge in [0.1, 0.15) is 11.6 Å². The fourth-order valence-corrected chi connectivity index (χ4v) is 3.44. The van der Waals surface area contributed by atoms with Crippen LogP contribution in [0.4, 0.5) is 14.5 Å². The van der Waals surface area contributed by atoms with Crippen LogP contribution in [-0.2, 0) is 11.3 Å². The van der Waals surface area contributed by atoms with Crippen molar-refractivity contribution < 1.29 is 13.6 Å². The first-order valence-corrected chi connectivity index (χ1v) is 9.00. The van der Waals surface area contributed by atoms with Crippen molar-refractivity contribution in [2.45, 2.75) is 23.9 Å². The summed E-state index contributed by atoms with van der Waals surface area (Å²) in [7, 11) is 0. The largest absolute Gasteiger partial charge is 0.323 e. The molecule has 0 radical (unpaired) electrons. The average Bonchev–Trinajstić information content (AvgIpc) is 3.24. The molecular weight excluding hydrogens is 368 g/mol. The van der Waals surface area contributed by atoms with Gasteiger partial charge in [-0.15, -0.1) is 16.4 Å². The standard InChI is InChI=1S/C15H13F2N5OS2/c1-9(14(23)18-13-7-10(16)4-5-12(13)17)25-15-19-20-21-22(15)8-11-3-2-6-24-11/h2-7,9H,8H2,1H3,(H,18,23). The zero-order chi connectivity index (χ0) is 17.8. The first-order chi connectivity index (χ1) is 12.0. The highest BCUT2D eigenvalue weighted by Crippen LogP contribution is 2.24. The van der Waals surface area contributed by atoms with E-state index in [1.54, 1.807) is 22.9 Å². The topological polar surface area (TPSA) is 72.7 Å². The first-order valence-electron chi connectivity index (χ1n) is 7.24.